The molecule has 1 fully saturated rings. The van der Waals surface area contributed by atoms with Crippen LogP contribution in [-0.4, -0.2) is 16.0 Å². The zero-order chi connectivity index (χ0) is 14.2. The molecule has 1 aliphatic rings. The van der Waals surface area contributed by atoms with E-state index in [2.05, 4.69) is 24.1 Å². The van der Waals surface area contributed by atoms with Gasteiger partial charge in [-0.05, 0) is 43.7 Å². The van der Waals surface area contributed by atoms with Crippen LogP contribution in [0.25, 0.3) is 0 Å². The van der Waals surface area contributed by atoms with E-state index in [1.54, 1.807) is 0 Å². The molecule has 19 heavy (non-hydrogen) atoms. The van der Waals surface area contributed by atoms with Crippen molar-refractivity contribution in [2.45, 2.75) is 53.0 Å². The Bertz CT molecular complexity index is 508. The molecule has 0 aromatic carbocycles. The third kappa shape index (κ3) is 2.89. The van der Waals surface area contributed by atoms with Crippen LogP contribution in [0, 0.1) is 19.3 Å². The van der Waals surface area contributed by atoms with Crippen molar-refractivity contribution in [1.29, 1.82) is 0 Å². The molecule has 1 aliphatic carbocycles. The van der Waals surface area contributed by atoms with Gasteiger partial charge in [0.25, 0.3) is 0 Å². The number of pyridine rings is 1. The lowest BCUT2D eigenvalue weighted by Crippen LogP contribution is -2.32. The predicted molar refractivity (Wildman–Crippen MR) is 84.6 cm³/mol. The molecule has 2 rings (SSSR count). The van der Waals surface area contributed by atoms with Crippen LogP contribution in [-0.2, 0) is 0 Å². The van der Waals surface area contributed by atoms with Crippen LogP contribution in [0.5, 0.6) is 0 Å². The third-order valence-electron chi connectivity index (χ3n) is 4.16. The molecule has 1 unspecified atom stereocenters. The molecular weight excluding hydrogens is 254 g/mol. The number of nitrogens with two attached hydrogens (primary N) is 1. The van der Waals surface area contributed by atoms with Crippen molar-refractivity contribution in [2.75, 3.05) is 5.32 Å². The van der Waals surface area contributed by atoms with Gasteiger partial charge in [-0.15, -0.1) is 0 Å². The first kappa shape index (κ1) is 14.3. The number of nitrogens with zero attached hydrogens (tertiary/aromatic N) is 1. The molecule has 1 aromatic rings. The Labute approximate surface area is 121 Å². The minimum atomic E-state index is 0.298. The molecule has 104 valence electrons. The van der Waals surface area contributed by atoms with Gasteiger partial charge in [-0.2, -0.15) is 0 Å². The predicted octanol–water partition coefficient (Wildman–Crippen LogP) is 3.32. The summed E-state index contributed by atoms with van der Waals surface area (Å²) in [6, 6.07) is 2.47. The summed E-state index contributed by atoms with van der Waals surface area (Å²) in [5.74, 6) is 0.852. The molecule has 1 atom stereocenters. The Hall–Kier alpha value is -1.16. The average Bonchev–Trinajstić information content (AvgIpc) is 2.56. The molecular formula is C15H23N3S. The van der Waals surface area contributed by atoms with Crippen LogP contribution < -0.4 is 11.1 Å². The topological polar surface area (TPSA) is 50.9 Å². The second-order valence-electron chi connectivity index (χ2n) is 6.25. The summed E-state index contributed by atoms with van der Waals surface area (Å²) < 4.78 is 0. The monoisotopic (exact) mass is 277 g/mol. The highest BCUT2D eigenvalue weighted by Crippen LogP contribution is 2.39. The number of thiocarbonyl (C=S) groups is 1. The number of rotatable bonds is 3. The first-order chi connectivity index (χ1) is 8.81. The molecule has 0 radical (unpaired) electrons. The maximum atomic E-state index is 5.86. The number of hydrogen-bond donors (Lipinski definition) is 2. The van der Waals surface area contributed by atoms with E-state index in [1.165, 1.54) is 19.3 Å². The Balaban J connectivity index is 2.37. The lowest BCUT2D eigenvalue weighted by atomic mass is 9.87. The van der Waals surface area contributed by atoms with E-state index in [0.717, 1.165) is 22.6 Å². The van der Waals surface area contributed by atoms with Gasteiger partial charge in [-0.25, -0.2) is 4.98 Å². The number of hydrogen-bond acceptors (Lipinski definition) is 3. The third-order valence-corrected chi connectivity index (χ3v) is 4.36. The van der Waals surface area contributed by atoms with Crippen molar-refractivity contribution in [1.82, 2.24) is 4.98 Å². The van der Waals surface area contributed by atoms with Crippen LogP contribution in [0.1, 0.15) is 49.9 Å². The van der Waals surface area contributed by atoms with Crippen molar-refractivity contribution in [3.63, 3.8) is 0 Å². The summed E-state index contributed by atoms with van der Waals surface area (Å²) >= 11 is 5.18. The number of aromatic nitrogens is 1. The van der Waals surface area contributed by atoms with Gasteiger partial charge in [0.1, 0.15) is 10.8 Å². The molecule has 1 heterocycles. The maximum Gasteiger partial charge on any atom is 0.137 e. The number of anilines is 1. The maximum absolute atomic E-state index is 5.86. The van der Waals surface area contributed by atoms with Crippen molar-refractivity contribution < 1.29 is 0 Å². The zero-order valence-corrected chi connectivity index (χ0v) is 13.0. The fourth-order valence-electron chi connectivity index (χ4n) is 3.01. The Morgan fingerprint density at radius 2 is 2.16 bits per heavy atom. The largest absolute Gasteiger partial charge is 0.389 e. The highest BCUT2D eigenvalue weighted by atomic mass is 32.1. The lowest BCUT2D eigenvalue weighted by Gasteiger charge is -2.29. The van der Waals surface area contributed by atoms with Crippen LogP contribution in [0.3, 0.4) is 0 Å². The standard InChI is InChI=1S/C15H23N3S/c1-9-8-10(2)17-14(12(9)13(16)19)18-11-6-5-7-15(11,3)4/h8,11H,5-7H2,1-4H3,(H2,16,19)(H,17,18). The molecule has 3 N–H and O–H groups in total. The van der Waals surface area contributed by atoms with Crippen LogP contribution in [0.4, 0.5) is 5.82 Å². The van der Waals surface area contributed by atoms with Crippen molar-refractivity contribution in [3.8, 4) is 0 Å². The molecule has 0 saturated heterocycles. The molecule has 4 heteroatoms. The Morgan fingerprint density at radius 1 is 1.47 bits per heavy atom. The Kier molecular flexibility index (Phi) is 3.81. The van der Waals surface area contributed by atoms with Gasteiger partial charge in [0.15, 0.2) is 0 Å². The molecule has 1 saturated carbocycles. The minimum absolute atomic E-state index is 0.298. The normalized spacial score (nSPS) is 21.4. The van der Waals surface area contributed by atoms with Gasteiger partial charge in [0.05, 0.1) is 5.56 Å². The van der Waals surface area contributed by atoms with Crippen molar-refractivity contribution in [2.24, 2.45) is 11.1 Å². The molecule has 3 nitrogen and oxygen atoms in total. The van der Waals surface area contributed by atoms with Crippen LogP contribution in [0.15, 0.2) is 6.07 Å². The SMILES string of the molecule is Cc1cc(C)c(C(N)=S)c(NC2CCCC2(C)C)n1. The van der Waals surface area contributed by atoms with Gasteiger partial charge in [-0.1, -0.05) is 32.5 Å². The highest BCUT2D eigenvalue weighted by molar-refractivity contribution is 7.80. The van der Waals surface area contributed by atoms with E-state index in [0.29, 0.717) is 16.4 Å². The summed E-state index contributed by atoms with van der Waals surface area (Å²) in [5, 5.41) is 3.58. The van der Waals surface area contributed by atoms with E-state index >= 15 is 0 Å². The summed E-state index contributed by atoms with van der Waals surface area (Å²) in [4.78, 5) is 5.03. The first-order valence-electron chi connectivity index (χ1n) is 6.86. The second-order valence-corrected chi connectivity index (χ2v) is 6.69. The molecule has 0 amide bonds. The van der Waals surface area contributed by atoms with Gasteiger partial charge < -0.3 is 11.1 Å². The van der Waals surface area contributed by atoms with Gasteiger partial charge in [0, 0.05) is 11.7 Å². The minimum Gasteiger partial charge on any atom is -0.389 e. The molecule has 0 bridgehead atoms. The molecule has 0 aliphatic heterocycles. The molecule has 1 aromatic heterocycles. The quantitative estimate of drug-likeness (QED) is 0.832. The number of nitrogens with one attached hydrogen (secondary N) is 1. The summed E-state index contributed by atoms with van der Waals surface area (Å²) in [6.07, 6.45) is 3.69. The molecule has 0 spiro atoms. The van der Waals surface area contributed by atoms with Crippen molar-refractivity contribution >= 4 is 23.0 Å². The van der Waals surface area contributed by atoms with Gasteiger partial charge >= 0.3 is 0 Å². The zero-order valence-electron chi connectivity index (χ0n) is 12.2. The van der Waals surface area contributed by atoms with E-state index in [-0.39, 0.29) is 0 Å². The van der Waals surface area contributed by atoms with E-state index in [4.69, 9.17) is 18.0 Å². The average molecular weight is 277 g/mol. The van der Waals surface area contributed by atoms with Crippen LogP contribution >= 0.6 is 12.2 Å². The second kappa shape index (κ2) is 5.08. The smallest absolute Gasteiger partial charge is 0.137 e. The van der Waals surface area contributed by atoms with Crippen molar-refractivity contribution in [3.05, 3.63) is 22.9 Å². The van der Waals surface area contributed by atoms with Crippen LogP contribution in [0.2, 0.25) is 0 Å². The highest BCUT2D eigenvalue weighted by Gasteiger charge is 2.35. The van der Waals surface area contributed by atoms with Gasteiger partial charge in [0.2, 0.25) is 0 Å². The first-order valence-corrected chi connectivity index (χ1v) is 7.26. The fraction of sp³-hybridized carbons (Fsp3) is 0.600. The van der Waals surface area contributed by atoms with E-state index in [1.807, 2.05) is 19.9 Å². The fourth-order valence-corrected chi connectivity index (χ4v) is 3.27. The van der Waals surface area contributed by atoms with E-state index < -0.39 is 0 Å². The summed E-state index contributed by atoms with van der Waals surface area (Å²) in [5.41, 5.74) is 9.14. The van der Waals surface area contributed by atoms with Gasteiger partial charge in [-0.3, -0.25) is 0 Å². The summed E-state index contributed by atoms with van der Waals surface area (Å²) in [6.45, 7) is 8.65. The van der Waals surface area contributed by atoms with E-state index in [9.17, 15) is 0 Å². The Morgan fingerprint density at radius 3 is 2.68 bits per heavy atom. The number of aryl methyl sites for hydroxylation is 2. The lowest BCUT2D eigenvalue weighted by molar-refractivity contribution is 0.349. The summed E-state index contributed by atoms with van der Waals surface area (Å²) in [7, 11) is 0.